The molecule has 2 aliphatic heterocycles. The van der Waals surface area contributed by atoms with Crippen LogP contribution in [0.4, 0.5) is 0 Å². The second kappa shape index (κ2) is 10.9. The van der Waals surface area contributed by atoms with Crippen molar-refractivity contribution in [3.05, 3.63) is 105 Å². The lowest BCUT2D eigenvalue weighted by atomic mass is 9.96. The summed E-state index contributed by atoms with van der Waals surface area (Å²) in [5, 5.41) is 1.20. The average molecular weight is 523 g/mol. The number of nitrogens with two attached hydrogens (primary N) is 1. The van der Waals surface area contributed by atoms with Crippen LogP contribution < -0.4 is 5.73 Å². The van der Waals surface area contributed by atoms with Crippen LogP contribution in [0.1, 0.15) is 64.7 Å². The van der Waals surface area contributed by atoms with E-state index < -0.39 is 0 Å². The highest BCUT2D eigenvalue weighted by atomic mass is 35.5. The molecule has 2 saturated heterocycles. The van der Waals surface area contributed by atoms with Gasteiger partial charge in [-0.2, -0.15) is 0 Å². The van der Waals surface area contributed by atoms with E-state index in [-0.39, 0.29) is 18.0 Å². The zero-order valence-electron chi connectivity index (χ0n) is 20.6. The predicted molar refractivity (Wildman–Crippen MR) is 148 cm³/mol. The zero-order valence-corrected chi connectivity index (χ0v) is 22.1. The van der Waals surface area contributed by atoms with E-state index in [1.807, 2.05) is 49.4 Å². The number of amides is 1. The Kier molecular flexibility index (Phi) is 7.68. The molecule has 188 valence electrons. The molecule has 2 N–H and O–H groups in total. The molecule has 6 heteroatoms. The Balaban J connectivity index is 1.34. The molecule has 0 radical (unpaired) electrons. The number of rotatable bonds is 6. The molecular formula is C30H33Cl2N3O. The zero-order chi connectivity index (χ0) is 25.2. The van der Waals surface area contributed by atoms with Gasteiger partial charge in [-0.3, -0.25) is 4.79 Å². The first kappa shape index (κ1) is 25.3. The fourth-order valence-corrected chi connectivity index (χ4v) is 6.07. The van der Waals surface area contributed by atoms with Gasteiger partial charge in [0.05, 0.1) is 10.0 Å². The molecule has 2 heterocycles. The molecular weight excluding hydrogens is 489 g/mol. The van der Waals surface area contributed by atoms with E-state index in [1.54, 1.807) is 0 Å². The Morgan fingerprint density at radius 3 is 2.50 bits per heavy atom. The van der Waals surface area contributed by atoms with Gasteiger partial charge in [-0.25, -0.2) is 0 Å². The Morgan fingerprint density at radius 2 is 1.75 bits per heavy atom. The van der Waals surface area contributed by atoms with Crippen molar-refractivity contribution in [3.8, 4) is 0 Å². The van der Waals surface area contributed by atoms with Crippen LogP contribution in [-0.2, 0) is 0 Å². The van der Waals surface area contributed by atoms with Crippen LogP contribution in [0.25, 0.3) is 0 Å². The fourth-order valence-electron chi connectivity index (χ4n) is 5.76. The third-order valence-electron chi connectivity index (χ3n) is 7.76. The highest BCUT2D eigenvalue weighted by molar-refractivity contribution is 6.42. The first-order valence-corrected chi connectivity index (χ1v) is 13.5. The normalized spacial score (nSPS) is 23.2. The third kappa shape index (κ3) is 5.47. The summed E-state index contributed by atoms with van der Waals surface area (Å²) in [6.45, 7) is 5.54. The monoisotopic (exact) mass is 521 g/mol. The van der Waals surface area contributed by atoms with Crippen molar-refractivity contribution < 1.29 is 4.79 Å². The fraction of sp³-hybridized carbons (Fsp3) is 0.367. The van der Waals surface area contributed by atoms with Crippen molar-refractivity contribution >= 4 is 29.1 Å². The van der Waals surface area contributed by atoms with Gasteiger partial charge in [-0.15, -0.1) is 0 Å². The molecule has 0 spiro atoms. The molecule has 0 bridgehead atoms. The van der Waals surface area contributed by atoms with Crippen LogP contribution in [0.5, 0.6) is 0 Å². The molecule has 2 fully saturated rings. The van der Waals surface area contributed by atoms with Gasteiger partial charge in [0.25, 0.3) is 5.91 Å². The predicted octanol–water partition coefficient (Wildman–Crippen LogP) is 6.50. The van der Waals surface area contributed by atoms with Crippen molar-refractivity contribution in [3.63, 3.8) is 0 Å². The van der Waals surface area contributed by atoms with Gasteiger partial charge in [0.2, 0.25) is 0 Å². The first-order valence-electron chi connectivity index (χ1n) is 12.8. The maximum absolute atomic E-state index is 13.8. The van der Waals surface area contributed by atoms with Crippen LogP contribution >= 0.6 is 23.2 Å². The Bertz CT molecular complexity index is 1220. The summed E-state index contributed by atoms with van der Waals surface area (Å²) >= 11 is 12.4. The molecule has 1 amide bonds. The summed E-state index contributed by atoms with van der Waals surface area (Å²) in [5.41, 5.74) is 10.3. The van der Waals surface area contributed by atoms with Gasteiger partial charge in [0, 0.05) is 43.2 Å². The standard InChI is InChI=1S/C30H33Cl2N3O/c1-20(33)22-8-5-9-24(14-22)30(36)35-18-26(21-6-3-2-4-7-21)15-27(35)19-34-13-12-25(17-34)23-10-11-28(31)29(32)16-23/h2-11,14,16,20,25-27H,12-13,15,17-19,33H2,1H3. The number of likely N-dealkylation sites (tertiary alicyclic amines) is 2. The highest BCUT2D eigenvalue weighted by Crippen LogP contribution is 2.36. The average Bonchev–Trinajstić information content (AvgIpc) is 3.53. The quantitative estimate of drug-likeness (QED) is 0.402. The highest BCUT2D eigenvalue weighted by Gasteiger charge is 2.38. The Morgan fingerprint density at radius 1 is 0.944 bits per heavy atom. The topological polar surface area (TPSA) is 49.6 Å². The van der Waals surface area contributed by atoms with Gasteiger partial charge in [0.1, 0.15) is 0 Å². The maximum atomic E-state index is 13.8. The van der Waals surface area contributed by atoms with Crippen LogP contribution in [0.3, 0.4) is 0 Å². The van der Waals surface area contributed by atoms with E-state index in [2.05, 4.69) is 40.1 Å². The SMILES string of the molecule is CC(N)c1cccc(C(=O)N2CC(c3ccccc3)CC2CN2CCC(c3ccc(Cl)c(Cl)c3)C2)c1. The molecule has 4 nitrogen and oxygen atoms in total. The summed E-state index contributed by atoms with van der Waals surface area (Å²) in [4.78, 5) is 18.4. The summed E-state index contributed by atoms with van der Waals surface area (Å²) in [7, 11) is 0. The number of carbonyl (C=O) groups excluding carboxylic acids is 1. The minimum atomic E-state index is -0.105. The number of carbonyl (C=O) groups is 1. The largest absolute Gasteiger partial charge is 0.334 e. The van der Waals surface area contributed by atoms with Crippen LogP contribution in [0.15, 0.2) is 72.8 Å². The molecule has 3 aromatic rings. The Hall–Kier alpha value is -2.37. The van der Waals surface area contributed by atoms with E-state index in [0.717, 1.165) is 50.1 Å². The summed E-state index contributed by atoms with van der Waals surface area (Å²) < 4.78 is 0. The van der Waals surface area contributed by atoms with E-state index >= 15 is 0 Å². The molecule has 5 rings (SSSR count). The van der Waals surface area contributed by atoms with E-state index in [9.17, 15) is 4.79 Å². The van der Waals surface area contributed by atoms with Gasteiger partial charge in [-0.05, 0) is 73.2 Å². The molecule has 0 saturated carbocycles. The number of hydrogen-bond donors (Lipinski definition) is 1. The Labute approximate surface area is 224 Å². The number of halogens is 2. The lowest BCUT2D eigenvalue weighted by Gasteiger charge is -2.29. The minimum Gasteiger partial charge on any atom is -0.334 e. The van der Waals surface area contributed by atoms with E-state index in [0.29, 0.717) is 21.9 Å². The van der Waals surface area contributed by atoms with Gasteiger partial charge in [-0.1, -0.05) is 71.7 Å². The number of hydrogen-bond acceptors (Lipinski definition) is 3. The molecule has 2 aliphatic rings. The van der Waals surface area contributed by atoms with Gasteiger partial charge < -0.3 is 15.5 Å². The van der Waals surface area contributed by atoms with Crippen molar-refractivity contribution in [2.75, 3.05) is 26.2 Å². The summed E-state index contributed by atoms with van der Waals surface area (Å²) in [6.07, 6.45) is 2.05. The molecule has 4 unspecified atom stereocenters. The van der Waals surface area contributed by atoms with Crippen molar-refractivity contribution in [1.29, 1.82) is 0 Å². The summed E-state index contributed by atoms with van der Waals surface area (Å²) in [5.74, 6) is 0.865. The van der Waals surface area contributed by atoms with E-state index in [1.165, 1.54) is 11.1 Å². The molecule has 3 aromatic carbocycles. The second-order valence-corrected chi connectivity index (χ2v) is 11.1. The summed E-state index contributed by atoms with van der Waals surface area (Å²) in [6, 6.07) is 24.4. The smallest absolute Gasteiger partial charge is 0.254 e. The molecule has 36 heavy (non-hydrogen) atoms. The molecule has 0 aromatic heterocycles. The third-order valence-corrected chi connectivity index (χ3v) is 8.50. The van der Waals surface area contributed by atoms with E-state index in [4.69, 9.17) is 28.9 Å². The van der Waals surface area contributed by atoms with Crippen LogP contribution in [-0.4, -0.2) is 47.9 Å². The molecule has 0 aliphatic carbocycles. The van der Waals surface area contributed by atoms with Crippen LogP contribution in [0.2, 0.25) is 10.0 Å². The van der Waals surface area contributed by atoms with Gasteiger partial charge >= 0.3 is 0 Å². The second-order valence-electron chi connectivity index (χ2n) is 10.3. The molecule has 4 atom stereocenters. The van der Waals surface area contributed by atoms with Crippen molar-refractivity contribution in [1.82, 2.24) is 9.80 Å². The lowest BCUT2D eigenvalue weighted by molar-refractivity contribution is 0.0707. The van der Waals surface area contributed by atoms with Crippen LogP contribution in [0, 0.1) is 0 Å². The maximum Gasteiger partial charge on any atom is 0.254 e. The van der Waals surface area contributed by atoms with Gasteiger partial charge in [0.15, 0.2) is 0 Å². The minimum absolute atomic E-state index is 0.0983. The van der Waals surface area contributed by atoms with Crippen molar-refractivity contribution in [2.24, 2.45) is 5.73 Å². The number of nitrogens with zero attached hydrogens (tertiary/aromatic N) is 2. The van der Waals surface area contributed by atoms with Crippen molar-refractivity contribution in [2.45, 2.75) is 43.7 Å². The number of benzene rings is 3. The lowest BCUT2D eigenvalue weighted by Crippen LogP contribution is -2.42. The first-order chi connectivity index (χ1) is 17.4.